The number of halogens is 1. The summed E-state index contributed by atoms with van der Waals surface area (Å²) in [7, 11) is 0. The molecule has 3 nitrogen and oxygen atoms in total. The molecule has 1 heterocycles. The van der Waals surface area contributed by atoms with Gasteiger partial charge in [-0.25, -0.2) is 0 Å². The first kappa shape index (κ1) is 9.80. The first-order valence-electron chi connectivity index (χ1n) is 4.45. The quantitative estimate of drug-likeness (QED) is 0.824. The maximum absolute atomic E-state index is 9.59. The number of alkyl halides is 1. The van der Waals surface area contributed by atoms with Crippen LogP contribution < -0.4 is 9.47 Å². The molecule has 2 rings (SSSR count). The summed E-state index contributed by atoms with van der Waals surface area (Å²) in [5.41, 5.74) is 0.839. The second-order valence-corrected chi connectivity index (χ2v) is 3.72. The average molecular weight is 259 g/mol. The van der Waals surface area contributed by atoms with Crippen LogP contribution in [0.5, 0.6) is 11.5 Å². The van der Waals surface area contributed by atoms with Crippen molar-refractivity contribution in [1.82, 2.24) is 0 Å². The maximum atomic E-state index is 9.59. The lowest BCUT2D eigenvalue weighted by atomic mass is 10.1. The highest BCUT2D eigenvalue weighted by atomic mass is 79.9. The second kappa shape index (κ2) is 4.19. The van der Waals surface area contributed by atoms with Gasteiger partial charge in [-0.1, -0.05) is 22.0 Å². The third kappa shape index (κ3) is 1.86. The van der Waals surface area contributed by atoms with E-state index in [4.69, 9.17) is 9.47 Å². The molecule has 1 aliphatic rings. The van der Waals surface area contributed by atoms with Crippen molar-refractivity contribution in [2.45, 2.75) is 6.10 Å². The first-order chi connectivity index (χ1) is 6.81. The Bertz CT molecular complexity index is 327. The molecule has 0 saturated heterocycles. The molecule has 1 atom stereocenters. The van der Waals surface area contributed by atoms with E-state index >= 15 is 0 Å². The Kier molecular flexibility index (Phi) is 2.93. The normalized spacial score (nSPS) is 16.4. The third-order valence-electron chi connectivity index (χ3n) is 2.10. The molecule has 0 spiro atoms. The molecule has 0 bridgehead atoms. The van der Waals surface area contributed by atoms with Crippen molar-refractivity contribution in [2.24, 2.45) is 0 Å². The van der Waals surface area contributed by atoms with Gasteiger partial charge in [0.2, 0.25) is 0 Å². The first-order valence-corrected chi connectivity index (χ1v) is 5.57. The van der Waals surface area contributed by atoms with Gasteiger partial charge in [-0.2, -0.15) is 0 Å². The van der Waals surface area contributed by atoms with Gasteiger partial charge in [0, 0.05) is 5.33 Å². The highest BCUT2D eigenvalue weighted by Gasteiger charge is 2.14. The van der Waals surface area contributed by atoms with Crippen LogP contribution in [0.1, 0.15) is 11.7 Å². The van der Waals surface area contributed by atoms with Crippen LogP contribution in [0.25, 0.3) is 0 Å². The SMILES string of the molecule is O[C@@H](CBr)c1ccc2c(c1)OCCO2. The minimum Gasteiger partial charge on any atom is -0.486 e. The van der Waals surface area contributed by atoms with Crippen molar-refractivity contribution in [2.75, 3.05) is 18.5 Å². The zero-order valence-corrected chi connectivity index (χ0v) is 9.16. The molecule has 14 heavy (non-hydrogen) atoms. The number of fused-ring (bicyclic) bond motifs is 1. The molecular formula is C10H11BrO3. The van der Waals surface area contributed by atoms with Crippen LogP contribution in [0, 0.1) is 0 Å². The molecule has 1 N–H and O–H groups in total. The Balaban J connectivity index is 2.29. The van der Waals surface area contributed by atoms with E-state index in [0.717, 1.165) is 11.3 Å². The van der Waals surface area contributed by atoms with Crippen molar-refractivity contribution in [3.8, 4) is 11.5 Å². The molecule has 0 aliphatic carbocycles. The number of aliphatic hydroxyl groups excluding tert-OH is 1. The number of hydrogen-bond acceptors (Lipinski definition) is 3. The summed E-state index contributed by atoms with van der Waals surface area (Å²) in [5.74, 6) is 1.47. The molecule has 1 aliphatic heterocycles. The summed E-state index contributed by atoms with van der Waals surface area (Å²) < 4.78 is 10.8. The number of benzene rings is 1. The van der Waals surface area contributed by atoms with E-state index in [-0.39, 0.29) is 0 Å². The van der Waals surface area contributed by atoms with Gasteiger partial charge < -0.3 is 14.6 Å². The summed E-state index contributed by atoms with van der Waals surface area (Å²) in [6, 6.07) is 5.50. The minimum atomic E-state index is -0.495. The molecule has 0 amide bonds. The van der Waals surface area contributed by atoms with Crippen LogP contribution in [-0.4, -0.2) is 23.7 Å². The van der Waals surface area contributed by atoms with Crippen molar-refractivity contribution in [1.29, 1.82) is 0 Å². The second-order valence-electron chi connectivity index (χ2n) is 3.07. The van der Waals surface area contributed by atoms with E-state index in [1.165, 1.54) is 0 Å². The fourth-order valence-electron chi connectivity index (χ4n) is 1.36. The van der Waals surface area contributed by atoms with Crippen molar-refractivity contribution >= 4 is 15.9 Å². The van der Waals surface area contributed by atoms with Gasteiger partial charge >= 0.3 is 0 Å². The van der Waals surface area contributed by atoms with Crippen molar-refractivity contribution < 1.29 is 14.6 Å². The minimum absolute atomic E-state index is 0.495. The van der Waals surface area contributed by atoms with E-state index in [2.05, 4.69) is 15.9 Å². The molecule has 0 fully saturated rings. The van der Waals surface area contributed by atoms with E-state index in [9.17, 15) is 5.11 Å². The Hall–Kier alpha value is -0.740. The fourth-order valence-corrected chi connectivity index (χ4v) is 1.73. The van der Waals surface area contributed by atoms with Gasteiger partial charge in [0.25, 0.3) is 0 Å². The van der Waals surface area contributed by atoms with Crippen LogP contribution in [0.15, 0.2) is 18.2 Å². The van der Waals surface area contributed by atoms with Gasteiger partial charge in [-0.05, 0) is 17.7 Å². The zero-order valence-electron chi connectivity index (χ0n) is 7.57. The summed E-state index contributed by atoms with van der Waals surface area (Å²) in [4.78, 5) is 0. The van der Waals surface area contributed by atoms with E-state index in [1.807, 2.05) is 18.2 Å². The summed E-state index contributed by atoms with van der Waals surface area (Å²) in [6.07, 6.45) is -0.495. The van der Waals surface area contributed by atoms with Gasteiger partial charge in [0.1, 0.15) is 13.2 Å². The molecular weight excluding hydrogens is 248 g/mol. The molecule has 0 saturated carbocycles. The highest BCUT2D eigenvalue weighted by Crippen LogP contribution is 2.32. The summed E-state index contributed by atoms with van der Waals surface area (Å²) >= 11 is 3.23. The summed E-state index contributed by atoms with van der Waals surface area (Å²) in [5, 5.41) is 10.1. The number of rotatable bonds is 2. The molecule has 0 radical (unpaired) electrons. The van der Waals surface area contributed by atoms with E-state index in [1.54, 1.807) is 0 Å². The predicted molar refractivity (Wildman–Crippen MR) is 56.2 cm³/mol. The van der Waals surface area contributed by atoms with Crippen LogP contribution in [0.4, 0.5) is 0 Å². The Morgan fingerprint density at radius 1 is 1.29 bits per heavy atom. The van der Waals surface area contributed by atoms with Gasteiger partial charge in [0.05, 0.1) is 6.10 Å². The molecule has 4 heteroatoms. The summed E-state index contributed by atoms with van der Waals surface area (Å²) in [6.45, 7) is 1.16. The van der Waals surface area contributed by atoms with Crippen LogP contribution >= 0.6 is 15.9 Å². The lowest BCUT2D eigenvalue weighted by Crippen LogP contribution is -2.15. The molecule has 0 unspecified atom stereocenters. The van der Waals surface area contributed by atoms with Gasteiger partial charge in [-0.15, -0.1) is 0 Å². The Morgan fingerprint density at radius 3 is 2.71 bits per heavy atom. The molecule has 76 valence electrons. The third-order valence-corrected chi connectivity index (χ3v) is 2.71. The average Bonchev–Trinajstić information content (AvgIpc) is 2.27. The van der Waals surface area contributed by atoms with Gasteiger partial charge in [0.15, 0.2) is 11.5 Å². The van der Waals surface area contributed by atoms with Crippen LogP contribution in [0.3, 0.4) is 0 Å². The number of ether oxygens (including phenoxy) is 2. The lowest BCUT2D eigenvalue weighted by molar-refractivity contribution is 0.169. The van der Waals surface area contributed by atoms with Gasteiger partial charge in [-0.3, -0.25) is 0 Å². The van der Waals surface area contributed by atoms with E-state index < -0.39 is 6.10 Å². The smallest absolute Gasteiger partial charge is 0.161 e. The molecule has 1 aromatic carbocycles. The number of hydrogen-bond donors (Lipinski definition) is 1. The van der Waals surface area contributed by atoms with Crippen molar-refractivity contribution in [3.05, 3.63) is 23.8 Å². The molecule has 1 aromatic rings. The zero-order chi connectivity index (χ0) is 9.97. The molecule has 0 aromatic heterocycles. The standard InChI is InChI=1S/C10H11BrO3/c11-6-8(12)7-1-2-9-10(5-7)14-4-3-13-9/h1-2,5,8,12H,3-4,6H2/t8-/m0/s1. The lowest BCUT2D eigenvalue weighted by Gasteiger charge is -2.19. The topological polar surface area (TPSA) is 38.7 Å². The Morgan fingerprint density at radius 2 is 2.00 bits per heavy atom. The highest BCUT2D eigenvalue weighted by molar-refractivity contribution is 9.09. The number of aliphatic hydroxyl groups is 1. The van der Waals surface area contributed by atoms with Crippen LogP contribution in [-0.2, 0) is 0 Å². The fraction of sp³-hybridized carbons (Fsp3) is 0.400. The maximum Gasteiger partial charge on any atom is 0.161 e. The monoisotopic (exact) mass is 258 g/mol. The Labute approximate surface area is 90.8 Å². The van der Waals surface area contributed by atoms with Crippen molar-refractivity contribution in [3.63, 3.8) is 0 Å². The van der Waals surface area contributed by atoms with Crippen LogP contribution in [0.2, 0.25) is 0 Å². The largest absolute Gasteiger partial charge is 0.486 e. The predicted octanol–water partition coefficient (Wildman–Crippen LogP) is 1.89. The van der Waals surface area contributed by atoms with E-state index in [0.29, 0.717) is 24.3 Å².